The van der Waals surface area contributed by atoms with Crippen LogP contribution in [0.25, 0.3) is 16.8 Å². The van der Waals surface area contributed by atoms with Crippen molar-refractivity contribution >= 4 is 46.0 Å². The van der Waals surface area contributed by atoms with Crippen LogP contribution in [0.4, 0.5) is 0 Å². The molecule has 1 aliphatic rings. The first-order valence-electron chi connectivity index (χ1n) is 10.3. The lowest BCUT2D eigenvalue weighted by atomic mass is 10.1. The van der Waals surface area contributed by atoms with Crippen LogP contribution in [0.2, 0.25) is 0 Å². The first-order chi connectivity index (χ1) is 16.0. The Hall–Kier alpha value is -3.97. The van der Waals surface area contributed by atoms with E-state index in [0.717, 1.165) is 16.3 Å². The van der Waals surface area contributed by atoms with Crippen molar-refractivity contribution in [3.63, 3.8) is 0 Å². The number of hydrogen-bond acceptors (Lipinski definition) is 5. The molecule has 3 aromatic carbocycles. The molecule has 1 saturated heterocycles. The molecule has 0 radical (unpaired) electrons. The van der Waals surface area contributed by atoms with Crippen LogP contribution < -0.4 is 14.8 Å². The predicted molar refractivity (Wildman–Crippen MR) is 132 cm³/mol. The molecule has 0 bridgehead atoms. The van der Waals surface area contributed by atoms with E-state index in [2.05, 4.69) is 30.1 Å². The van der Waals surface area contributed by atoms with E-state index in [1.165, 1.54) is 11.0 Å². The first kappa shape index (κ1) is 22.2. The molecule has 33 heavy (non-hydrogen) atoms. The highest BCUT2D eigenvalue weighted by Gasteiger charge is 2.32. The van der Waals surface area contributed by atoms with E-state index in [-0.39, 0.29) is 17.2 Å². The summed E-state index contributed by atoms with van der Waals surface area (Å²) in [5.41, 5.74) is 1.66. The number of hydrogen-bond donors (Lipinski definition) is 1. The minimum atomic E-state index is -0.541. The molecule has 0 unspecified atom stereocenters. The van der Waals surface area contributed by atoms with Gasteiger partial charge in [-0.2, -0.15) is 0 Å². The maximum absolute atomic E-state index is 12.7. The van der Waals surface area contributed by atoms with Crippen LogP contribution in [0.3, 0.4) is 0 Å². The molecule has 1 fully saturated rings. The van der Waals surface area contributed by atoms with E-state index in [9.17, 15) is 9.59 Å². The quantitative estimate of drug-likeness (QED) is 0.248. The third-order valence-electron chi connectivity index (χ3n) is 5.26. The zero-order valence-electron chi connectivity index (χ0n) is 18.0. The van der Waals surface area contributed by atoms with Gasteiger partial charge >= 0.3 is 0 Å². The van der Waals surface area contributed by atoms with E-state index in [1.807, 2.05) is 24.3 Å². The zero-order chi connectivity index (χ0) is 23.4. The summed E-state index contributed by atoms with van der Waals surface area (Å²) in [4.78, 5) is 26.4. The molecule has 0 atom stereocenters. The van der Waals surface area contributed by atoms with Crippen molar-refractivity contribution in [3.05, 3.63) is 90.0 Å². The molecule has 3 aromatic rings. The molecule has 0 aliphatic carbocycles. The number of carbonyl (C=O) groups is 2. The van der Waals surface area contributed by atoms with Gasteiger partial charge in [0.15, 0.2) is 16.6 Å². The highest BCUT2D eigenvalue weighted by molar-refractivity contribution is 7.80. The summed E-state index contributed by atoms with van der Waals surface area (Å²) in [6.45, 7) is 4.20. The van der Waals surface area contributed by atoms with Crippen molar-refractivity contribution < 1.29 is 19.1 Å². The Kier molecular flexibility index (Phi) is 6.51. The Morgan fingerprint density at radius 1 is 1.06 bits per heavy atom. The molecule has 166 valence electrons. The topological polar surface area (TPSA) is 67.9 Å². The fourth-order valence-electron chi connectivity index (χ4n) is 3.62. The van der Waals surface area contributed by atoms with Crippen LogP contribution in [0.1, 0.15) is 11.1 Å². The molecule has 1 heterocycles. The average molecular weight is 459 g/mol. The third kappa shape index (κ3) is 4.63. The van der Waals surface area contributed by atoms with Gasteiger partial charge < -0.3 is 9.47 Å². The number of fused-ring (bicyclic) bond motifs is 1. The molecule has 1 N–H and O–H groups in total. The van der Waals surface area contributed by atoms with Gasteiger partial charge in [-0.25, -0.2) is 0 Å². The standard InChI is InChI=1S/C26H22N2O4S/c1-3-13-28-25(30)21(24(29)27-26(28)33)14-17-11-12-22(23(15-17)31-2)32-16-19-9-6-8-18-7-4-5-10-20(18)19/h3-12,14-15H,1,13,16H2,2H3,(H,27,29,33). The lowest BCUT2D eigenvalue weighted by Crippen LogP contribution is -2.53. The number of thiocarbonyl (C=S) groups is 1. The van der Waals surface area contributed by atoms with E-state index in [0.29, 0.717) is 23.7 Å². The van der Waals surface area contributed by atoms with Crippen molar-refractivity contribution in [3.8, 4) is 11.5 Å². The number of benzene rings is 3. The molecule has 6 nitrogen and oxygen atoms in total. The van der Waals surface area contributed by atoms with Gasteiger partial charge in [0.25, 0.3) is 11.8 Å². The van der Waals surface area contributed by atoms with Crippen LogP contribution in [0.15, 0.2) is 78.9 Å². The fourth-order valence-corrected chi connectivity index (χ4v) is 3.87. The summed E-state index contributed by atoms with van der Waals surface area (Å²) < 4.78 is 11.5. The molecular formula is C26H22N2O4S. The Bertz CT molecular complexity index is 1290. The third-order valence-corrected chi connectivity index (χ3v) is 5.58. The minimum absolute atomic E-state index is 0.0167. The SMILES string of the molecule is C=CCN1C(=O)C(=Cc2ccc(OCc3cccc4ccccc34)c(OC)c2)C(=O)NC1=S. The van der Waals surface area contributed by atoms with Gasteiger partial charge in [0.2, 0.25) is 0 Å². The van der Waals surface area contributed by atoms with E-state index in [4.69, 9.17) is 21.7 Å². The summed E-state index contributed by atoms with van der Waals surface area (Å²) in [6, 6.07) is 19.5. The number of carbonyl (C=O) groups excluding carboxylic acids is 2. The average Bonchev–Trinajstić information content (AvgIpc) is 2.83. The molecular weight excluding hydrogens is 436 g/mol. The monoisotopic (exact) mass is 458 g/mol. The zero-order valence-corrected chi connectivity index (χ0v) is 18.9. The lowest BCUT2D eigenvalue weighted by Gasteiger charge is -2.27. The fraction of sp³-hybridized carbons (Fsp3) is 0.115. The maximum Gasteiger partial charge on any atom is 0.265 e. The summed E-state index contributed by atoms with van der Waals surface area (Å²) in [6.07, 6.45) is 3.05. The summed E-state index contributed by atoms with van der Waals surface area (Å²) in [7, 11) is 1.54. The Morgan fingerprint density at radius 3 is 2.64 bits per heavy atom. The number of nitrogens with one attached hydrogen (secondary N) is 1. The van der Waals surface area contributed by atoms with E-state index in [1.54, 1.807) is 31.4 Å². The van der Waals surface area contributed by atoms with Crippen molar-refractivity contribution in [2.24, 2.45) is 0 Å². The first-order valence-corrected chi connectivity index (χ1v) is 10.7. The smallest absolute Gasteiger partial charge is 0.265 e. The van der Waals surface area contributed by atoms with Crippen molar-refractivity contribution in [2.75, 3.05) is 13.7 Å². The lowest BCUT2D eigenvalue weighted by molar-refractivity contribution is -0.128. The van der Waals surface area contributed by atoms with Crippen molar-refractivity contribution in [2.45, 2.75) is 6.61 Å². The number of nitrogens with zero attached hydrogens (tertiary/aromatic N) is 1. The molecule has 0 aromatic heterocycles. The Morgan fingerprint density at radius 2 is 1.85 bits per heavy atom. The summed E-state index contributed by atoms with van der Waals surface area (Å²) in [5.74, 6) is 0.0349. The molecule has 1 aliphatic heterocycles. The predicted octanol–water partition coefficient (Wildman–Crippen LogP) is 4.24. The van der Waals surface area contributed by atoms with Crippen LogP contribution in [0.5, 0.6) is 11.5 Å². The number of ether oxygens (including phenoxy) is 2. The molecule has 4 rings (SSSR count). The van der Waals surface area contributed by atoms with E-state index >= 15 is 0 Å². The van der Waals surface area contributed by atoms with E-state index < -0.39 is 11.8 Å². The Balaban J connectivity index is 1.58. The number of amides is 2. The molecule has 2 amide bonds. The highest BCUT2D eigenvalue weighted by Crippen LogP contribution is 2.31. The van der Waals surface area contributed by atoms with Gasteiger partial charge in [0.1, 0.15) is 12.2 Å². The second kappa shape index (κ2) is 9.67. The summed E-state index contributed by atoms with van der Waals surface area (Å²) in [5, 5.41) is 4.88. The van der Waals surface area contributed by atoms with Gasteiger partial charge in [-0.1, -0.05) is 54.6 Å². The molecule has 7 heteroatoms. The highest BCUT2D eigenvalue weighted by atomic mass is 32.1. The van der Waals surface area contributed by atoms with Crippen molar-refractivity contribution in [1.82, 2.24) is 10.2 Å². The van der Waals surface area contributed by atoms with Crippen molar-refractivity contribution in [1.29, 1.82) is 0 Å². The van der Waals surface area contributed by atoms with Gasteiger partial charge in [-0.05, 0) is 52.3 Å². The van der Waals surface area contributed by atoms with Gasteiger partial charge in [-0.3, -0.25) is 19.8 Å². The summed E-state index contributed by atoms with van der Waals surface area (Å²) >= 11 is 5.08. The second-order valence-electron chi connectivity index (χ2n) is 7.36. The normalized spacial score (nSPS) is 15.0. The maximum atomic E-state index is 12.7. The number of rotatable bonds is 7. The van der Waals surface area contributed by atoms with Crippen LogP contribution in [-0.2, 0) is 16.2 Å². The van der Waals surface area contributed by atoms with Gasteiger partial charge in [0.05, 0.1) is 7.11 Å². The number of methoxy groups -OCH3 is 1. The molecule has 0 saturated carbocycles. The largest absolute Gasteiger partial charge is 0.493 e. The Labute approximate surface area is 197 Å². The second-order valence-corrected chi connectivity index (χ2v) is 7.75. The van der Waals surface area contributed by atoms with Gasteiger partial charge in [0, 0.05) is 6.54 Å². The minimum Gasteiger partial charge on any atom is -0.493 e. The van der Waals surface area contributed by atoms with Crippen LogP contribution >= 0.6 is 12.2 Å². The van der Waals surface area contributed by atoms with Gasteiger partial charge in [-0.15, -0.1) is 6.58 Å². The van der Waals surface area contributed by atoms with Crippen LogP contribution in [-0.4, -0.2) is 35.5 Å². The molecule has 0 spiro atoms. The van der Waals surface area contributed by atoms with Crippen LogP contribution in [0, 0.1) is 0 Å².